The number of benzene rings is 2. The SMILES string of the molecule is N=C(N)NCCCC(NC(=O)C1(C(=O)NCC2Cc3ccccc3C2)CCCC1)OBOC(CCCNC(=N)N)NC(=O)C1(C(=O)NCC2Cc3ccccc3C2)CCCC1. The number of nitrogens with two attached hydrogens (primary N) is 2. The number of carbonyl (C=O) groups is 4. The molecule has 0 saturated heterocycles. The van der Waals surface area contributed by atoms with E-state index in [0.29, 0.717) is 77.5 Å². The second-order valence-corrected chi connectivity index (χ2v) is 17.4. The zero-order valence-electron chi connectivity index (χ0n) is 35.4. The topological polar surface area (TPSA) is 259 Å². The van der Waals surface area contributed by atoms with Gasteiger partial charge in [0.1, 0.15) is 23.3 Å². The molecule has 61 heavy (non-hydrogen) atoms. The van der Waals surface area contributed by atoms with Crippen LogP contribution in [0.5, 0.6) is 0 Å². The second-order valence-electron chi connectivity index (χ2n) is 17.4. The van der Waals surface area contributed by atoms with E-state index in [1.165, 1.54) is 22.3 Å². The molecule has 4 aliphatic carbocycles. The van der Waals surface area contributed by atoms with Crippen LogP contribution in [0.2, 0.25) is 0 Å². The van der Waals surface area contributed by atoms with Crippen LogP contribution in [0.15, 0.2) is 48.5 Å². The Balaban J connectivity index is 1.07. The molecule has 0 bridgehead atoms. The van der Waals surface area contributed by atoms with Gasteiger partial charge in [-0.05, 0) is 111 Å². The molecule has 0 aromatic heterocycles. The summed E-state index contributed by atoms with van der Waals surface area (Å²) >= 11 is 0. The second kappa shape index (κ2) is 21.6. The summed E-state index contributed by atoms with van der Waals surface area (Å²) in [6.45, 7) is 1.70. The van der Waals surface area contributed by atoms with E-state index >= 15 is 0 Å². The highest BCUT2D eigenvalue weighted by Gasteiger charge is 2.50. The molecule has 2 saturated carbocycles. The van der Waals surface area contributed by atoms with Gasteiger partial charge in [-0.1, -0.05) is 74.2 Å². The van der Waals surface area contributed by atoms with E-state index in [0.717, 1.165) is 51.4 Å². The average Bonchev–Trinajstić information content (AvgIpc) is 4.08. The molecule has 2 aromatic rings. The molecule has 0 aliphatic heterocycles. The third-order valence-electron chi connectivity index (χ3n) is 13.1. The smallest absolute Gasteiger partial charge is 0.393 e. The largest absolute Gasteiger partial charge is 0.441 e. The van der Waals surface area contributed by atoms with Crippen LogP contribution in [0.1, 0.15) is 99.3 Å². The highest BCUT2D eigenvalue weighted by atomic mass is 16.6. The van der Waals surface area contributed by atoms with Gasteiger partial charge in [0.2, 0.25) is 23.6 Å². The van der Waals surface area contributed by atoms with Gasteiger partial charge >= 0.3 is 7.69 Å². The Morgan fingerprint density at radius 1 is 0.590 bits per heavy atom. The predicted octanol–water partition coefficient (Wildman–Crippen LogP) is 1.88. The van der Waals surface area contributed by atoms with Crippen molar-refractivity contribution in [2.24, 2.45) is 34.1 Å². The fourth-order valence-electron chi connectivity index (χ4n) is 9.66. The summed E-state index contributed by atoms with van der Waals surface area (Å²) in [7, 11) is -0.320. The zero-order chi connectivity index (χ0) is 43.2. The Morgan fingerprint density at radius 2 is 0.934 bits per heavy atom. The van der Waals surface area contributed by atoms with Gasteiger partial charge in [-0.3, -0.25) is 30.0 Å². The van der Waals surface area contributed by atoms with E-state index < -0.39 is 35.1 Å². The molecule has 0 spiro atoms. The van der Waals surface area contributed by atoms with E-state index in [-0.39, 0.29) is 43.3 Å². The van der Waals surface area contributed by atoms with Crippen LogP contribution in [0.4, 0.5) is 0 Å². The molecular formula is C44H65BN10O6. The lowest BCUT2D eigenvalue weighted by Crippen LogP contribution is -2.54. The van der Waals surface area contributed by atoms with Crippen molar-refractivity contribution in [2.75, 3.05) is 26.2 Å². The van der Waals surface area contributed by atoms with Crippen molar-refractivity contribution >= 4 is 43.2 Å². The van der Waals surface area contributed by atoms with Gasteiger partial charge in [0.15, 0.2) is 11.9 Å². The van der Waals surface area contributed by atoms with Gasteiger partial charge in [-0.25, -0.2) is 0 Å². The number of rotatable bonds is 22. The molecule has 2 aromatic carbocycles. The van der Waals surface area contributed by atoms with Crippen molar-refractivity contribution in [3.05, 3.63) is 70.8 Å². The minimum absolute atomic E-state index is 0.174. The highest BCUT2D eigenvalue weighted by molar-refractivity contribution is 6.18. The quantitative estimate of drug-likeness (QED) is 0.0206. The minimum Gasteiger partial charge on any atom is -0.393 e. The van der Waals surface area contributed by atoms with E-state index in [1.54, 1.807) is 0 Å². The number of guanidine groups is 2. The monoisotopic (exact) mass is 841 g/mol. The van der Waals surface area contributed by atoms with E-state index in [1.807, 2.05) is 24.3 Å². The van der Waals surface area contributed by atoms with Crippen LogP contribution in [0.3, 0.4) is 0 Å². The van der Waals surface area contributed by atoms with Gasteiger partial charge in [0.05, 0.1) is 0 Å². The van der Waals surface area contributed by atoms with E-state index in [2.05, 4.69) is 56.2 Å². The molecule has 17 heteroatoms. The molecule has 2 atom stereocenters. The first-order chi connectivity index (χ1) is 29.5. The van der Waals surface area contributed by atoms with Crippen LogP contribution < -0.4 is 43.4 Å². The number of nitrogens with one attached hydrogen (secondary N) is 8. The van der Waals surface area contributed by atoms with Crippen molar-refractivity contribution in [3.8, 4) is 0 Å². The highest BCUT2D eigenvalue weighted by Crippen LogP contribution is 2.40. The Labute approximate surface area is 359 Å². The number of hydrogen-bond donors (Lipinski definition) is 10. The van der Waals surface area contributed by atoms with E-state index in [9.17, 15) is 19.2 Å². The van der Waals surface area contributed by atoms with Crippen LogP contribution in [-0.4, -0.2) is 81.9 Å². The first kappa shape index (κ1) is 45.4. The molecule has 4 aliphatic rings. The maximum Gasteiger partial charge on any atom is 0.441 e. The number of fused-ring (bicyclic) bond motifs is 2. The number of amides is 4. The predicted molar refractivity (Wildman–Crippen MR) is 234 cm³/mol. The summed E-state index contributed by atoms with van der Waals surface area (Å²) in [4.78, 5) is 56.1. The summed E-state index contributed by atoms with van der Waals surface area (Å²) < 4.78 is 12.3. The van der Waals surface area contributed by atoms with Crippen molar-refractivity contribution < 1.29 is 28.5 Å². The fraction of sp³-hybridized carbons (Fsp3) is 0.591. The van der Waals surface area contributed by atoms with Gasteiger partial charge in [0, 0.05) is 26.2 Å². The first-order valence-corrected chi connectivity index (χ1v) is 22.2. The van der Waals surface area contributed by atoms with Crippen LogP contribution in [-0.2, 0) is 54.2 Å². The first-order valence-electron chi connectivity index (χ1n) is 22.2. The Bertz CT molecular complexity index is 1690. The zero-order valence-corrected chi connectivity index (χ0v) is 35.4. The normalized spacial score (nSPS) is 18.6. The van der Waals surface area contributed by atoms with Crippen molar-refractivity contribution in [3.63, 3.8) is 0 Å². The third kappa shape index (κ3) is 12.0. The van der Waals surface area contributed by atoms with Crippen LogP contribution in [0.25, 0.3) is 0 Å². The van der Waals surface area contributed by atoms with Crippen molar-refractivity contribution in [2.45, 2.75) is 115 Å². The fourth-order valence-corrected chi connectivity index (χ4v) is 9.66. The molecule has 12 N–H and O–H groups in total. The number of hydrogen-bond acceptors (Lipinski definition) is 8. The molecule has 6 rings (SSSR count). The maximum atomic E-state index is 14.2. The molecule has 4 amide bonds. The lowest BCUT2D eigenvalue weighted by Gasteiger charge is -2.31. The lowest BCUT2D eigenvalue weighted by molar-refractivity contribution is -0.146. The summed E-state index contributed by atoms with van der Waals surface area (Å²) in [5.74, 6) is -1.16. The number of carbonyl (C=O) groups excluding carboxylic acids is 4. The molecule has 16 nitrogen and oxygen atoms in total. The van der Waals surface area contributed by atoms with Gasteiger partial charge in [-0.2, -0.15) is 0 Å². The third-order valence-corrected chi connectivity index (χ3v) is 13.1. The van der Waals surface area contributed by atoms with Crippen LogP contribution >= 0.6 is 0 Å². The summed E-state index contributed by atoms with van der Waals surface area (Å²) in [6, 6.07) is 16.6. The Hall–Kier alpha value is -5.16. The van der Waals surface area contributed by atoms with Crippen LogP contribution in [0, 0.1) is 33.5 Å². The summed E-state index contributed by atoms with van der Waals surface area (Å²) in [5, 5.41) is 32.8. The van der Waals surface area contributed by atoms with Crippen molar-refractivity contribution in [1.82, 2.24) is 31.9 Å². The standard InChI is InChI=1S/C44H65BN10O6/c46-41(47)50-21-9-15-35(54-39(58)43(17-5-6-18-43)37(56)52-27-29-23-31-11-1-2-12-32(31)24-29)60-45-61-36(16-10-22-51-42(48)49)55-40(59)44(19-7-8-20-44)38(57)53-28-30-25-33-13-3-4-14-34(33)26-30/h1-4,11-14,29-30,35-36,45H,5-10,15-28H2,(H,52,56)(H,53,57)(H,54,58)(H,55,59)(H4,46,47,50)(H4,48,49,51). The Morgan fingerprint density at radius 3 is 1.26 bits per heavy atom. The van der Waals surface area contributed by atoms with Gasteiger partial charge in [0.25, 0.3) is 0 Å². The molecule has 330 valence electrons. The molecule has 2 fully saturated rings. The molecule has 0 radical (unpaired) electrons. The summed E-state index contributed by atoms with van der Waals surface area (Å²) in [6.07, 6.45) is 8.15. The average molecular weight is 841 g/mol. The molecular weight excluding hydrogens is 775 g/mol. The Kier molecular flexibility index (Phi) is 16.0. The van der Waals surface area contributed by atoms with Gasteiger partial charge in [-0.15, -0.1) is 0 Å². The molecule has 0 heterocycles. The molecule has 2 unspecified atom stereocenters. The maximum absolute atomic E-state index is 14.2. The lowest BCUT2D eigenvalue weighted by atomic mass is 9.83. The minimum atomic E-state index is -1.23. The van der Waals surface area contributed by atoms with Crippen molar-refractivity contribution in [1.29, 1.82) is 10.8 Å². The van der Waals surface area contributed by atoms with Gasteiger partial charge < -0.3 is 52.7 Å². The van der Waals surface area contributed by atoms with E-state index in [4.69, 9.17) is 31.6 Å². The summed E-state index contributed by atoms with van der Waals surface area (Å²) in [5.41, 5.74) is 13.7.